The zero-order valence-electron chi connectivity index (χ0n) is 12.9. The van der Waals surface area contributed by atoms with Crippen molar-refractivity contribution in [3.63, 3.8) is 0 Å². The van der Waals surface area contributed by atoms with Crippen LogP contribution in [0.4, 0.5) is 8.78 Å². The van der Waals surface area contributed by atoms with Crippen molar-refractivity contribution in [2.24, 2.45) is 11.8 Å². The topological polar surface area (TPSA) is 12.0 Å². The first-order valence-corrected chi connectivity index (χ1v) is 8.04. The zero-order valence-corrected chi connectivity index (χ0v) is 12.9. The highest BCUT2D eigenvalue weighted by atomic mass is 19.3. The number of rotatable bonds is 8. The molecule has 1 aliphatic rings. The Morgan fingerprint density at radius 1 is 1.11 bits per heavy atom. The molecule has 1 aliphatic carbocycles. The molecule has 1 fully saturated rings. The van der Waals surface area contributed by atoms with Crippen LogP contribution in [0.25, 0.3) is 0 Å². The van der Waals surface area contributed by atoms with Crippen molar-refractivity contribution in [1.82, 2.24) is 5.32 Å². The van der Waals surface area contributed by atoms with Crippen LogP contribution in [0, 0.1) is 11.8 Å². The maximum Gasteiger partial charge on any atom is 0.248 e. The van der Waals surface area contributed by atoms with Crippen LogP contribution in [-0.4, -0.2) is 18.5 Å². The molecular formula is C16H31F2N. The van der Waals surface area contributed by atoms with Gasteiger partial charge < -0.3 is 5.32 Å². The van der Waals surface area contributed by atoms with E-state index in [1.54, 1.807) is 0 Å². The quantitative estimate of drug-likeness (QED) is 0.657. The van der Waals surface area contributed by atoms with E-state index in [1.807, 2.05) is 0 Å². The summed E-state index contributed by atoms with van der Waals surface area (Å²) in [6, 6.07) is 0.516. The SMILES string of the molecule is CCCC(C)CCC(C)NCC1CCC(F)(F)CC1. The van der Waals surface area contributed by atoms with E-state index in [9.17, 15) is 8.78 Å². The lowest BCUT2D eigenvalue weighted by molar-refractivity contribution is -0.0456. The summed E-state index contributed by atoms with van der Waals surface area (Å²) in [5.74, 6) is -1.13. The summed E-state index contributed by atoms with van der Waals surface area (Å²) >= 11 is 0. The molecule has 0 amide bonds. The summed E-state index contributed by atoms with van der Waals surface area (Å²) in [5.41, 5.74) is 0. The normalized spacial score (nSPS) is 23.2. The second-order valence-electron chi connectivity index (χ2n) is 6.58. The first-order chi connectivity index (χ1) is 8.93. The number of hydrogen-bond donors (Lipinski definition) is 1. The van der Waals surface area contributed by atoms with Gasteiger partial charge in [-0.05, 0) is 51.0 Å². The van der Waals surface area contributed by atoms with Crippen molar-refractivity contribution in [2.75, 3.05) is 6.54 Å². The highest BCUT2D eigenvalue weighted by Gasteiger charge is 2.34. The third-order valence-electron chi connectivity index (χ3n) is 4.47. The van der Waals surface area contributed by atoms with Gasteiger partial charge in [-0.15, -0.1) is 0 Å². The summed E-state index contributed by atoms with van der Waals surface area (Å²) in [6.45, 7) is 7.69. The number of alkyl halides is 2. The molecule has 0 saturated heterocycles. The average molecular weight is 275 g/mol. The van der Waals surface area contributed by atoms with E-state index >= 15 is 0 Å². The molecule has 3 heteroatoms. The summed E-state index contributed by atoms with van der Waals surface area (Å²) in [5, 5.41) is 3.53. The molecule has 1 N–H and O–H groups in total. The van der Waals surface area contributed by atoms with E-state index in [0.717, 1.165) is 12.5 Å². The number of hydrogen-bond acceptors (Lipinski definition) is 1. The van der Waals surface area contributed by atoms with Gasteiger partial charge in [-0.3, -0.25) is 0 Å². The van der Waals surface area contributed by atoms with Gasteiger partial charge in [0, 0.05) is 18.9 Å². The third-order valence-corrected chi connectivity index (χ3v) is 4.47. The number of halogens is 2. The van der Waals surface area contributed by atoms with Crippen LogP contribution in [0.15, 0.2) is 0 Å². The van der Waals surface area contributed by atoms with Gasteiger partial charge in [-0.2, -0.15) is 0 Å². The predicted molar refractivity (Wildman–Crippen MR) is 77.7 cm³/mol. The molecular weight excluding hydrogens is 244 g/mol. The Bertz CT molecular complexity index is 233. The zero-order chi connectivity index (χ0) is 14.3. The van der Waals surface area contributed by atoms with Crippen molar-refractivity contribution in [3.05, 3.63) is 0 Å². The second-order valence-corrected chi connectivity index (χ2v) is 6.58. The minimum atomic E-state index is -2.39. The van der Waals surface area contributed by atoms with Crippen LogP contribution in [0.3, 0.4) is 0 Å². The van der Waals surface area contributed by atoms with Crippen molar-refractivity contribution in [2.45, 2.75) is 84.1 Å². The Labute approximate surface area is 117 Å². The van der Waals surface area contributed by atoms with Crippen LogP contribution in [0.2, 0.25) is 0 Å². The lowest BCUT2D eigenvalue weighted by Gasteiger charge is -2.29. The van der Waals surface area contributed by atoms with E-state index < -0.39 is 5.92 Å². The standard InChI is InChI=1S/C16H31F2N/c1-4-5-13(2)6-7-14(3)19-12-15-8-10-16(17,18)11-9-15/h13-15,19H,4-12H2,1-3H3. The van der Waals surface area contributed by atoms with Gasteiger partial charge in [-0.1, -0.05) is 26.7 Å². The van der Waals surface area contributed by atoms with Crippen LogP contribution >= 0.6 is 0 Å². The fraction of sp³-hybridized carbons (Fsp3) is 1.00. The van der Waals surface area contributed by atoms with Gasteiger partial charge in [0.15, 0.2) is 0 Å². The summed E-state index contributed by atoms with van der Waals surface area (Å²) in [6.07, 6.45) is 6.57. The Kier molecular flexibility index (Phi) is 7.27. The highest BCUT2D eigenvalue weighted by Crippen LogP contribution is 2.35. The van der Waals surface area contributed by atoms with Gasteiger partial charge in [0.2, 0.25) is 5.92 Å². The minimum absolute atomic E-state index is 0.0846. The molecule has 1 saturated carbocycles. The lowest BCUT2D eigenvalue weighted by atomic mass is 9.86. The van der Waals surface area contributed by atoms with Crippen LogP contribution in [0.1, 0.15) is 72.1 Å². The van der Waals surface area contributed by atoms with Crippen LogP contribution in [0.5, 0.6) is 0 Å². The molecule has 0 radical (unpaired) electrons. The second kappa shape index (κ2) is 8.18. The Morgan fingerprint density at radius 3 is 2.32 bits per heavy atom. The first kappa shape index (κ1) is 16.9. The lowest BCUT2D eigenvalue weighted by Crippen LogP contribution is -2.35. The molecule has 0 aliphatic heterocycles. The third kappa shape index (κ3) is 7.24. The Morgan fingerprint density at radius 2 is 1.74 bits per heavy atom. The molecule has 19 heavy (non-hydrogen) atoms. The molecule has 1 nitrogen and oxygen atoms in total. The summed E-state index contributed by atoms with van der Waals surface area (Å²) < 4.78 is 26.1. The van der Waals surface area contributed by atoms with Crippen molar-refractivity contribution >= 4 is 0 Å². The molecule has 2 unspecified atom stereocenters. The van der Waals surface area contributed by atoms with E-state index in [-0.39, 0.29) is 12.8 Å². The maximum atomic E-state index is 13.0. The molecule has 0 aromatic rings. The molecule has 0 bridgehead atoms. The molecule has 0 aromatic heterocycles. The Hall–Kier alpha value is -0.180. The van der Waals surface area contributed by atoms with E-state index in [4.69, 9.17) is 0 Å². The monoisotopic (exact) mass is 275 g/mol. The average Bonchev–Trinajstić information content (AvgIpc) is 2.35. The van der Waals surface area contributed by atoms with Gasteiger partial charge in [-0.25, -0.2) is 8.78 Å². The molecule has 0 aromatic carbocycles. The van der Waals surface area contributed by atoms with Crippen LogP contribution < -0.4 is 5.32 Å². The fourth-order valence-electron chi connectivity index (χ4n) is 2.95. The molecule has 0 spiro atoms. The highest BCUT2D eigenvalue weighted by molar-refractivity contribution is 4.79. The largest absolute Gasteiger partial charge is 0.314 e. The van der Waals surface area contributed by atoms with Gasteiger partial charge in [0.25, 0.3) is 0 Å². The summed E-state index contributed by atoms with van der Waals surface area (Å²) in [4.78, 5) is 0. The molecule has 114 valence electrons. The molecule has 0 heterocycles. The Balaban J connectivity index is 2.08. The van der Waals surface area contributed by atoms with Crippen molar-refractivity contribution < 1.29 is 8.78 Å². The minimum Gasteiger partial charge on any atom is -0.314 e. The maximum absolute atomic E-state index is 13.0. The van der Waals surface area contributed by atoms with Gasteiger partial charge in [0.1, 0.15) is 0 Å². The first-order valence-electron chi connectivity index (χ1n) is 8.04. The van der Waals surface area contributed by atoms with E-state index in [1.165, 1.54) is 25.7 Å². The predicted octanol–water partition coefficient (Wildman–Crippen LogP) is 5.01. The van der Waals surface area contributed by atoms with E-state index in [0.29, 0.717) is 24.8 Å². The number of nitrogens with one attached hydrogen (secondary N) is 1. The fourth-order valence-corrected chi connectivity index (χ4v) is 2.95. The summed E-state index contributed by atoms with van der Waals surface area (Å²) in [7, 11) is 0. The molecule has 2 atom stereocenters. The van der Waals surface area contributed by atoms with Crippen LogP contribution in [-0.2, 0) is 0 Å². The smallest absolute Gasteiger partial charge is 0.248 e. The van der Waals surface area contributed by atoms with Gasteiger partial charge in [0.05, 0.1) is 0 Å². The van der Waals surface area contributed by atoms with Crippen molar-refractivity contribution in [1.29, 1.82) is 0 Å². The van der Waals surface area contributed by atoms with Crippen molar-refractivity contribution in [3.8, 4) is 0 Å². The van der Waals surface area contributed by atoms with E-state index in [2.05, 4.69) is 26.1 Å². The molecule has 1 rings (SSSR count). The van der Waals surface area contributed by atoms with Gasteiger partial charge >= 0.3 is 0 Å².